The standard InChI is InChI=1S/C15H18N2O6/c1-10(18)16-17-14(19)9-23-15(20)5-4-11-6-12(21-2)8-13(7-11)22-3/h4-8H,9H2,1-3H3,(H,16,18)(H,17,19)/b5-4+. The van der Waals surface area contributed by atoms with Crippen LogP contribution in [0.1, 0.15) is 12.5 Å². The molecule has 0 atom stereocenters. The highest BCUT2D eigenvalue weighted by Gasteiger charge is 2.05. The Balaban J connectivity index is 2.55. The molecule has 0 radical (unpaired) electrons. The highest BCUT2D eigenvalue weighted by Crippen LogP contribution is 2.23. The zero-order valence-corrected chi connectivity index (χ0v) is 13.0. The molecule has 8 heteroatoms. The number of hydrogen-bond acceptors (Lipinski definition) is 6. The van der Waals surface area contributed by atoms with Crippen molar-refractivity contribution >= 4 is 23.9 Å². The van der Waals surface area contributed by atoms with Crippen LogP contribution < -0.4 is 20.3 Å². The van der Waals surface area contributed by atoms with Crippen molar-refractivity contribution in [2.45, 2.75) is 6.92 Å². The molecular weight excluding hydrogens is 304 g/mol. The van der Waals surface area contributed by atoms with E-state index >= 15 is 0 Å². The molecule has 0 unspecified atom stereocenters. The lowest BCUT2D eigenvalue weighted by Gasteiger charge is -2.06. The van der Waals surface area contributed by atoms with Gasteiger partial charge in [-0.25, -0.2) is 4.79 Å². The second-order valence-corrected chi connectivity index (χ2v) is 4.32. The topological polar surface area (TPSA) is 103 Å². The molecule has 0 fully saturated rings. The Kier molecular flexibility index (Phi) is 7.12. The second-order valence-electron chi connectivity index (χ2n) is 4.32. The van der Waals surface area contributed by atoms with Gasteiger partial charge in [0.05, 0.1) is 14.2 Å². The largest absolute Gasteiger partial charge is 0.497 e. The number of carbonyl (C=O) groups excluding carboxylic acids is 3. The monoisotopic (exact) mass is 322 g/mol. The summed E-state index contributed by atoms with van der Waals surface area (Å²) in [6.45, 7) is 0.725. The normalized spacial score (nSPS) is 10.0. The van der Waals surface area contributed by atoms with E-state index in [4.69, 9.17) is 14.2 Å². The van der Waals surface area contributed by atoms with Crippen molar-refractivity contribution < 1.29 is 28.6 Å². The Morgan fingerprint density at radius 2 is 1.65 bits per heavy atom. The summed E-state index contributed by atoms with van der Waals surface area (Å²) in [4.78, 5) is 33.3. The minimum absolute atomic E-state index is 0.434. The minimum Gasteiger partial charge on any atom is -0.497 e. The van der Waals surface area contributed by atoms with E-state index in [9.17, 15) is 14.4 Å². The van der Waals surface area contributed by atoms with Gasteiger partial charge in [0.2, 0.25) is 5.91 Å². The number of methoxy groups -OCH3 is 2. The van der Waals surface area contributed by atoms with Gasteiger partial charge in [0, 0.05) is 19.1 Å². The molecule has 124 valence electrons. The molecule has 1 rings (SSSR count). The first-order chi connectivity index (χ1) is 10.9. The third kappa shape index (κ3) is 6.98. The Morgan fingerprint density at radius 3 is 2.17 bits per heavy atom. The molecule has 1 aromatic rings. The van der Waals surface area contributed by atoms with E-state index in [0.717, 1.165) is 0 Å². The van der Waals surface area contributed by atoms with Crippen LogP contribution in [0.4, 0.5) is 0 Å². The van der Waals surface area contributed by atoms with Crippen LogP contribution in [0.5, 0.6) is 11.5 Å². The maximum Gasteiger partial charge on any atom is 0.331 e. The van der Waals surface area contributed by atoms with Crippen LogP contribution in [-0.4, -0.2) is 38.6 Å². The molecule has 2 N–H and O–H groups in total. The maximum atomic E-state index is 11.5. The second kappa shape index (κ2) is 9.08. The van der Waals surface area contributed by atoms with E-state index < -0.39 is 24.4 Å². The molecule has 1 aromatic carbocycles. The minimum atomic E-state index is -0.704. The number of amides is 2. The van der Waals surface area contributed by atoms with Crippen molar-refractivity contribution in [1.82, 2.24) is 10.9 Å². The van der Waals surface area contributed by atoms with Gasteiger partial charge in [0.1, 0.15) is 11.5 Å². The van der Waals surface area contributed by atoms with E-state index in [1.54, 1.807) is 18.2 Å². The quantitative estimate of drug-likeness (QED) is 0.447. The molecule has 0 saturated carbocycles. The Bertz CT molecular complexity index is 590. The molecule has 0 saturated heterocycles. The summed E-state index contributed by atoms with van der Waals surface area (Å²) in [7, 11) is 3.04. The first-order valence-electron chi connectivity index (χ1n) is 6.58. The van der Waals surface area contributed by atoms with Crippen molar-refractivity contribution in [2.75, 3.05) is 20.8 Å². The number of ether oxygens (including phenoxy) is 3. The van der Waals surface area contributed by atoms with E-state index in [1.807, 2.05) is 0 Å². The smallest absolute Gasteiger partial charge is 0.331 e. The lowest BCUT2D eigenvalue weighted by atomic mass is 10.2. The van der Waals surface area contributed by atoms with E-state index in [-0.39, 0.29) is 0 Å². The molecule has 23 heavy (non-hydrogen) atoms. The average molecular weight is 322 g/mol. The molecule has 0 heterocycles. The molecule has 0 aliphatic rings. The van der Waals surface area contributed by atoms with Crippen LogP contribution in [-0.2, 0) is 19.1 Å². The zero-order chi connectivity index (χ0) is 17.2. The van der Waals surface area contributed by atoms with Crippen LogP contribution in [0.25, 0.3) is 6.08 Å². The van der Waals surface area contributed by atoms with E-state index in [2.05, 4.69) is 10.9 Å². The lowest BCUT2D eigenvalue weighted by molar-refractivity contribution is -0.144. The van der Waals surface area contributed by atoms with Gasteiger partial charge in [0.15, 0.2) is 6.61 Å². The van der Waals surface area contributed by atoms with Crippen LogP contribution in [0.3, 0.4) is 0 Å². The number of benzene rings is 1. The number of hydrazine groups is 1. The molecule has 0 aliphatic carbocycles. The summed E-state index contributed by atoms with van der Waals surface area (Å²) in [5, 5.41) is 0. The van der Waals surface area contributed by atoms with Crippen molar-refractivity contribution in [3.05, 3.63) is 29.8 Å². The Labute approximate surface area is 133 Å². The van der Waals surface area contributed by atoms with Crippen molar-refractivity contribution in [1.29, 1.82) is 0 Å². The van der Waals surface area contributed by atoms with Gasteiger partial charge < -0.3 is 14.2 Å². The number of esters is 1. The first kappa shape index (κ1) is 18.0. The molecule has 2 amide bonds. The number of nitrogens with one attached hydrogen (secondary N) is 2. The van der Waals surface area contributed by atoms with Crippen LogP contribution >= 0.6 is 0 Å². The van der Waals surface area contributed by atoms with E-state index in [1.165, 1.54) is 33.3 Å². The summed E-state index contributed by atoms with van der Waals surface area (Å²) in [6.07, 6.45) is 2.67. The van der Waals surface area contributed by atoms with Crippen molar-refractivity contribution in [3.63, 3.8) is 0 Å². The molecule has 0 spiro atoms. The van der Waals surface area contributed by atoms with Gasteiger partial charge >= 0.3 is 5.97 Å². The van der Waals surface area contributed by atoms with E-state index in [0.29, 0.717) is 17.1 Å². The molecule has 8 nitrogen and oxygen atoms in total. The Hall–Kier alpha value is -3.03. The Morgan fingerprint density at radius 1 is 1.04 bits per heavy atom. The average Bonchev–Trinajstić information content (AvgIpc) is 2.55. The van der Waals surface area contributed by atoms with Gasteiger partial charge in [-0.2, -0.15) is 0 Å². The number of carbonyl (C=O) groups is 3. The SMILES string of the molecule is COc1cc(/C=C/C(=O)OCC(=O)NNC(C)=O)cc(OC)c1. The lowest BCUT2D eigenvalue weighted by Crippen LogP contribution is -2.42. The number of hydrogen-bond donors (Lipinski definition) is 2. The first-order valence-corrected chi connectivity index (χ1v) is 6.58. The van der Waals surface area contributed by atoms with Crippen LogP contribution in [0.2, 0.25) is 0 Å². The third-order valence-corrected chi connectivity index (χ3v) is 2.51. The predicted octanol–water partition coefficient (Wildman–Crippen LogP) is 0.427. The van der Waals surface area contributed by atoms with Gasteiger partial charge in [-0.1, -0.05) is 0 Å². The molecule has 0 bridgehead atoms. The van der Waals surface area contributed by atoms with Gasteiger partial charge in [-0.05, 0) is 23.8 Å². The summed E-state index contributed by atoms with van der Waals surface area (Å²) in [5.41, 5.74) is 4.81. The highest BCUT2D eigenvalue weighted by atomic mass is 16.5. The van der Waals surface area contributed by atoms with Crippen molar-refractivity contribution in [2.24, 2.45) is 0 Å². The highest BCUT2D eigenvalue weighted by molar-refractivity contribution is 5.89. The van der Waals surface area contributed by atoms with Crippen molar-refractivity contribution in [3.8, 4) is 11.5 Å². The molecule has 0 aromatic heterocycles. The zero-order valence-electron chi connectivity index (χ0n) is 13.0. The maximum absolute atomic E-state index is 11.5. The summed E-state index contributed by atoms with van der Waals surface area (Å²) in [5.74, 6) is -0.634. The van der Waals surface area contributed by atoms with Gasteiger partial charge in [-0.3, -0.25) is 20.4 Å². The number of rotatable bonds is 6. The summed E-state index contributed by atoms with van der Waals surface area (Å²) >= 11 is 0. The van der Waals surface area contributed by atoms with Crippen LogP contribution in [0.15, 0.2) is 24.3 Å². The van der Waals surface area contributed by atoms with Gasteiger partial charge in [-0.15, -0.1) is 0 Å². The third-order valence-electron chi connectivity index (χ3n) is 2.51. The fourth-order valence-electron chi connectivity index (χ4n) is 1.47. The predicted molar refractivity (Wildman–Crippen MR) is 81.5 cm³/mol. The van der Waals surface area contributed by atoms with Gasteiger partial charge in [0.25, 0.3) is 5.91 Å². The van der Waals surface area contributed by atoms with Crippen LogP contribution in [0, 0.1) is 0 Å². The molecular formula is C15H18N2O6. The summed E-state index contributed by atoms with van der Waals surface area (Å²) in [6, 6.07) is 5.10. The molecule has 0 aliphatic heterocycles. The fourth-order valence-corrected chi connectivity index (χ4v) is 1.47. The fraction of sp³-hybridized carbons (Fsp3) is 0.267. The summed E-state index contributed by atoms with van der Waals surface area (Å²) < 4.78 is 14.9.